The first kappa shape index (κ1) is 18.3. The maximum Gasteiger partial charge on any atom is 0.281 e. The molecule has 0 spiro atoms. The Kier molecular flexibility index (Phi) is 6.06. The molecule has 1 aliphatic heterocycles. The maximum atomic E-state index is 12.3. The minimum Gasteiger partial charge on any atom is -0.364 e. The van der Waals surface area contributed by atoms with E-state index in [-0.39, 0.29) is 18.1 Å². The number of morpholine rings is 1. The lowest BCUT2D eigenvalue weighted by Crippen LogP contribution is -3.16. The molecule has 0 bridgehead atoms. The van der Waals surface area contributed by atoms with Crippen LogP contribution in [0.4, 0.5) is 5.13 Å². The van der Waals surface area contributed by atoms with Gasteiger partial charge in [0.25, 0.3) is 5.91 Å². The number of carbonyl (C=O) groups excluding carboxylic acids is 1. The fourth-order valence-electron chi connectivity index (χ4n) is 3.20. The van der Waals surface area contributed by atoms with E-state index in [2.05, 4.69) is 24.1 Å². The van der Waals surface area contributed by atoms with E-state index in [4.69, 9.17) is 16.3 Å². The molecule has 5 nitrogen and oxygen atoms in total. The molecule has 7 heteroatoms. The molecule has 1 amide bonds. The van der Waals surface area contributed by atoms with Crippen LogP contribution >= 0.6 is 22.9 Å². The van der Waals surface area contributed by atoms with Gasteiger partial charge in [0.05, 0.1) is 0 Å². The average molecular weight is 381 g/mol. The van der Waals surface area contributed by atoms with Crippen molar-refractivity contribution < 1.29 is 14.4 Å². The number of hydrogen-bond acceptors (Lipinski definition) is 4. The number of thiazole rings is 1. The predicted octanol–water partition coefficient (Wildman–Crippen LogP) is 2.02. The second-order valence-corrected chi connectivity index (χ2v) is 8.06. The second kappa shape index (κ2) is 8.27. The Labute approximate surface area is 157 Å². The van der Waals surface area contributed by atoms with Crippen molar-refractivity contribution in [3.05, 3.63) is 45.9 Å². The fraction of sp³-hybridized carbons (Fsp3) is 0.444. The molecule has 1 aliphatic rings. The van der Waals surface area contributed by atoms with Crippen LogP contribution in [0.25, 0.3) is 0 Å². The lowest BCUT2D eigenvalue weighted by Gasteiger charge is -2.31. The summed E-state index contributed by atoms with van der Waals surface area (Å²) >= 11 is 7.69. The normalized spacial score (nSPS) is 23.4. The van der Waals surface area contributed by atoms with E-state index in [0.717, 1.165) is 35.0 Å². The van der Waals surface area contributed by atoms with Gasteiger partial charge in [-0.3, -0.25) is 10.1 Å². The van der Waals surface area contributed by atoms with Crippen LogP contribution in [0, 0.1) is 0 Å². The Bertz CT molecular complexity index is 727. The van der Waals surface area contributed by atoms with E-state index in [9.17, 15) is 4.79 Å². The van der Waals surface area contributed by atoms with Crippen LogP contribution in [0.2, 0.25) is 5.02 Å². The highest BCUT2D eigenvalue weighted by molar-refractivity contribution is 7.15. The Morgan fingerprint density at radius 1 is 1.36 bits per heavy atom. The molecule has 1 aromatic heterocycles. The minimum atomic E-state index is -0.00468. The van der Waals surface area contributed by atoms with Gasteiger partial charge in [-0.2, -0.15) is 0 Å². The van der Waals surface area contributed by atoms with Crippen LogP contribution in [0.5, 0.6) is 0 Å². The smallest absolute Gasteiger partial charge is 0.281 e. The van der Waals surface area contributed by atoms with Crippen molar-refractivity contribution >= 4 is 34.0 Å². The van der Waals surface area contributed by atoms with Crippen LogP contribution in [0.3, 0.4) is 0 Å². The van der Waals surface area contributed by atoms with Gasteiger partial charge in [0.2, 0.25) is 0 Å². The number of anilines is 1. The molecule has 0 saturated carbocycles. The molecule has 2 N–H and O–H groups in total. The molecule has 1 saturated heterocycles. The number of nitrogens with zero attached hydrogens (tertiary/aromatic N) is 1. The van der Waals surface area contributed by atoms with Crippen LogP contribution in [-0.2, 0) is 16.0 Å². The predicted molar refractivity (Wildman–Crippen MR) is 101 cm³/mol. The van der Waals surface area contributed by atoms with Crippen molar-refractivity contribution in [3.63, 3.8) is 0 Å². The first-order chi connectivity index (χ1) is 12.0. The van der Waals surface area contributed by atoms with Gasteiger partial charge in [-0.1, -0.05) is 29.8 Å². The summed E-state index contributed by atoms with van der Waals surface area (Å²) in [5.41, 5.74) is 1.06. The van der Waals surface area contributed by atoms with Crippen molar-refractivity contribution in [2.75, 3.05) is 25.0 Å². The van der Waals surface area contributed by atoms with E-state index in [0.29, 0.717) is 11.7 Å². The SMILES string of the molecule is C[C@@H]1C[NH+](CC(=O)Nc2ncc(Cc3ccccc3Cl)s2)C[C@@H](C)O1. The van der Waals surface area contributed by atoms with Crippen molar-refractivity contribution in [3.8, 4) is 0 Å². The molecule has 2 heterocycles. The summed E-state index contributed by atoms with van der Waals surface area (Å²) in [4.78, 5) is 18.9. The monoisotopic (exact) mass is 380 g/mol. The number of rotatable bonds is 5. The second-order valence-electron chi connectivity index (χ2n) is 6.54. The molecular formula is C18H23ClN3O2S+. The summed E-state index contributed by atoms with van der Waals surface area (Å²) in [6.45, 7) is 6.25. The molecule has 3 rings (SSSR count). The van der Waals surface area contributed by atoms with Gasteiger partial charge in [-0.25, -0.2) is 4.98 Å². The van der Waals surface area contributed by atoms with E-state index >= 15 is 0 Å². The van der Waals surface area contributed by atoms with Gasteiger partial charge in [0.15, 0.2) is 11.7 Å². The van der Waals surface area contributed by atoms with E-state index in [1.54, 1.807) is 6.20 Å². The zero-order valence-corrected chi connectivity index (χ0v) is 16.0. The van der Waals surface area contributed by atoms with Crippen molar-refractivity contribution in [1.29, 1.82) is 0 Å². The van der Waals surface area contributed by atoms with Crippen LogP contribution in [-0.4, -0.2) is 42.7 Å². The lowest BCUT2D eigenvalue weighted by atomic mass is 10.1. The van der Waals surface area contributed by atoms with Crippen LogP contribution < -0.4 is 10.2 Å². The quantitative estimate of drug-likeness (QED) is 0.834. The van der Waals surface area contributed by atoms with Crippen molar-refractivity contribution in [2.24, 2.45) is 0 Å². The van der Waals surface area contributed by atoms with E-state index in [1.165, 1.54) is 16.2 Å². The number of halogens is 1. The van der Waals surface area contributed by atoms with E-state index in [1.807, 2.05) is 24.3 Å². The number of carbonyl (C=O) groups is 1. The Morgan fingerprint density at radius 3 is 2.80 bits per heavy atom. The minimum absolute atomic E-state index is 0.00468. The molecule has 1 fully saturated rings. The van der Waals surface area contributed by atoms with Gasteiger partial charge >= 0.3 is 0 Å². The number of quaternary nitrogens is 1. The number of aromatic nitrogens is 1. The maximum absolute atomic E-state index is 12.3. The number of benzene rings is 1. The van der Waals surface area contributed by atoms with Gasteiger partial charge in [0, 0.05) is 22.5 Å². The number of nitrogens with one attached hydrogen (secondary N) is 2. The van der Waals surface area contributed by atoms with Gasteiger partial charge in [-0.05, 0) is 25.5 Å². The first-order valence-electron chi connectivity index (χ1n) is 8.46. The largest absolute Gasteiger partial charge is 0.364 e. The third kappa shape index (κ3) is 5.25. The zero-order valence-electron chi connectivity index (χ0n) is 14.4. The third-order valence-corrected chi connectivity index (χ3v) is 5.43. The van der Waals surface area contributed by atoms with Gasteiger partial charge in [0.1, 0.15) is 25.3 Å². The van der Waals surface area contributed by atoms with E-state index < -0.39 is 0 Å². The Hall–Kier alpha value is -1.47. The molecular weight excluding hydrogens is 358 g/mol. The van der Waals surface area contributed by atoms with Crippen LogP contribution in [0.1, 0.15) is 24.3 Å². The highest BCUT2D eigenvalue weighted by Gasteiger charge is 2.27. The topological polar surface area (TPSA) is 55.7 Å². The highest BCUT2D eigenvalue weighted by atomic mass is 35.5. The summed E-state index contributed by atoms with van der Waals surface area (Å²) in [5.74, 6) is -0.00468. The van der Waals surface area contributed by atoms with Gasteiger partial charge < -0.3 is 9.64 Å². The number of hydrogen-bond donors (Lipinski definition) is 2. The molecule has 0 unspecified atom stereocenters. The molecule has 2 aromatic rings. The van der Waals surface area contributed by atoms with Crippen LogP contribution in [0.15, 0.2) is 30.5 Å². The van der Waals surface area contributed by atoms with Gasteiger partial charge in [-0.15, -0.1) is 11.3 Å². The molecule has 25 heavy (non-hydrogen) atoms. The lowest BCUT2D eigenvalue weighted by molar-refractivity contribution is -0.907. The van der Waals surface area contributed by atoms with Crippen molar-refractivity contribution in [2.45, 2.75) is 32.5 Å². The fourth-order valence-corrected chi connectivity index (χ4v) is 4.25. The number of amides is 1. The molecule has 0 aliphatic carbocycles. The standard InChI is InChI=1S/C18H22ClN3O2S/c1-12-9-22(10-13(2)24-12)11-17(23)21-18-20-8-15(25-18)7-14-5-3-4-6-16(14)19/h3-6,8,12-13H,7,9-11H2,1-2H3,(H,20,21,23)/p+1/t12-,13-/m1/s1. The molecule has 2 atom stereocenters. The summed E-state index contributed by atoms with van der Waals surface area (Å²) in [6.07, 6.45) is 2.90. The molecule has 134 valence electrons. The Morgan fingerprint density at radius 2 is 2.08 bits per heavy atom. The average Bonchev–Trinajstić information content (AvgIpc) is 2.95. The summed E-state index contributed by atoms with van der Waals surface area (Å²) in [6, 6.07) is 7.77. The van der Waals surface area contributed by atoms with Crippen molar-refractivity contribution in [1.82, 2.24) is 4.98 Å². The highest BCUT2D eigenvalue weighted by Crippen LogP contribution is 2.24. The first-order valence-corrected chi connectivity index (χ1v) is 9.66. The number of ether oxygens (including phenoxy) is 1. The summed E-state index contributed by atoms with van der Waals surface area (Å²) < 4.78 is 5.71. The summed E-state index contributed by atoms with van der Waals surface area (Å²) in [5, 5.41) is 4.30. The zero-order chi connectivity index (χ0) is 17.8. The Balaban J connectivity index is 1.54. The molecule has 1 aromatic carbocycles. The molecule has 0 radical (unpaired) electrons. The third-order valence-electron chi connectivity index (χ3n) is 4.15. The summed E-state index contributed by atoms with van der Waals surface area (Å²) in [7, 11) is 0.